The molecule has 25 heavy (non-hydrogen) atoms. The van der Waals surface area contributed by atoms with Crippen LogP contribution in [-0.4, -0.2) is 25.5 Å². The molecule has 0 fully saturated rings. The fourth-order valence-corrected chi connectivity index (χ4v) is 2.81. The predicted octanol–water partition coefficient (Wildman–Crippen LogP) is 4.25. The maximum atomic E-state index is 12.7. The number of benzene rings is 1. The molecule has 7 heteroatoms. The topological polar surface area (TPSA) is 64.7 Å². The summed E-state index contributed by atoms with van der Waals surface area (Å²) in [7, 11) is 0. The van der Waals surface area contributed by atoms with Gasteiger partial charge in [0.25, 0.3) is 5.91 Å². The zero-order valence-electron chi connectivity index (χ0n) is 14.4. The highest BCUT2D eigenvalue weighted by Crippen LogP contribution is 2.20. The van der Waals surface area contributed by atoms with Gasteiger partial charge in [-0.25, -0.2) is 9.36 Å². The first-order chi connectivity index (χ1) is 12.0. The van der Waals surface area contributed by atoms with Gasteiger partial charge in [0.15, 0.2) is 0 Å². The first-order valence-corrected chi connectivity index (χ1v) is 8.54. The lowest BCUT2D eigenvalue weighted by atomic mass is 10.2. The quantitative estimate of drug-likeness (QED) is 0.742. The second-order valence-electron chi connectivity index (χ2n) is 5.91. The highest BCUT2D eigenvalue weighted by Gasteiger charge is 2.18. The first-order valence-electron chi connectivity index (χ1n) is 8.16. The molecule has 1 aromatic carbocycles. The van der Waals surface area contributed by atoms with Crippen LogP contribution in [0, 0.1) is 6.92 Å². The van der Waals surface area contributed by atoms with E-state index in [2.05, 4.69) is 29.4 Å². The molecule has 6 nitrogen and oxygen atoms in total. The summed E-state index contributed by atoms with van der Waals surface area (Å²) in [4.78, 5) is 12.7. The Hall–Kier alpha value is -2.60. The molecule has 0 bridgehead atoms. The Labute approximate surface area is 151 Å². The molecule has 3 rings (SSSR count). The van der Waals surface area contributed by atoms with Gasteiger partial charge in [0.2, 0.25) is 0 Å². The van der Waals surface area contributed by atoms with Crippen LogP contribution >= 0.6 is 11.6 Å². The zero-order chi connectivity index (χ0) is 18.0. The summed E-state index contributed by atoms with van der Waals surface area (Å²) < 4.78 is 3.52. The summed E-state index contributed by atoms with van der Waals surface area (Å²) >= 11 is 6.04. The average Bonchev–Trinajstić information content (AvgIpc) is 3.20. The normalized spacial score (nSPS) is 12.2. The van der Waals surface area contributed by atoms with Gasteiger partial charge >= 0.3 is 0 Å². The Balaban J connectivity index is 1.86. The zero-order valence-corrected chi connectivity index (χ0v) is 15.2. The van der Waals surface area contributed by atoms with Gasteiger partial charge in [0.1, 0.15) is 5.82 Å². The van der Waals surface area contributed by atoms with Crippen LogP contribution in [0.2, 0.25) is 5.02 Å². The molecule has 0 radical (unpaired) electrons. The van der Waals surface area contributed by atoms with E-state index < -0.39 is 0 Å². The van der Waals surface area contributed by atoms with Crippen LogP contribution in [0.3, 0.4) is 0 Å². The van der Waals surface area contributed by atoms with E-state index in [-0.39, 0.29) is 11.9 Å². The van der Waals surface area contributed by atoms with Crippen molar-refractivity contribution in [2.75, 3.05) is 5.32 Å². The van der Waals surface area contributed by atoms with E-state index in [1.165, 1.54) is 0 Å². The van der Waals surface area contributed by atoms with E-state index >= 15 is 0 Å². The van der Waals surface area contributed by atoms with E-state index in [1.807, 2.05) is 23.7 Å². The third-order valence-electron chi connectivity index (χ3n) is 4.23. The second kappa shape index (κ2) is 7.11. The van der Waals surface area contributed by atoms with Gasteiger partial charge in [-0.3, -0.25) is 4.79 Å². The minimum Gasteiger partial charge on any atom is -0.307 e. The van der Waals surface area contributed by atoms with Gasteiger partial charge in [-0.2, -0.15) is 10.2 Å². The van der Waals surface area contributed by atoms with Crippen molar-refractivity contribution >= 4 is 23.3 Å². The van der Waals surface area contributed by atoms with Crippen molar-refractivity contribution in [3.05, 3.63) is 59.0 Å². The number of halogens is 1. The summed E-state index contributed by atoms with van der Waals surface area (Å²) in [6.07, 6.45) is 4.18. The molecule has 3 aromatic rings. The lowest BCUT2D eigenvalue weighted by Gasteiger charge is -2.14. The fourth-order valence-electron chi connectivity index (χ4n) is 2.62. The third kappa shape index (κ3) is 3.44. The third-order valence-corrected chi connectivity index (χ3v) is 4.46. The molecule has 1 amide bonds. The predicted molar refractivity (Wildman–Crippen MR) is 98.5 cm³/mol. The largest absolute Gasteiger partial charge is 0.307 e. The van der Waals surface area contributed by atoms with Gasteiger partial charge in [-0.1, -0.05) is 24.6 Å². The molecular weight excluding hydrogens is 338 g/mol. The molecule has 1 N–H and O–H groups in total. The maximum absolute atomic E-state index is 12.7. The van der Waals surface area contributed by atoms with Gasteiger partial charge in [0, 0.05) is 11.1 Å². The average molecular weight is 358 g/mol. The molecular formula is C18H20ClN5O. The van der Waals surface area contributed by atoms with E-state index in [1.54, 1.807) is 35.3 Å². The summed E-state index contributed by atoms with van der Waals surface area (Å²) in [5, 5.41) is 12.2. The van der Waals surface area contributed by atoms with Crippen molar-refractivity contribution in [1.82, 2.24) is 19.6 Å². The number of carbonyl (C=O) groups is 1. The Morgan fingerprint density at radius 3 is 2.84 bits per heavy atom. The van der Waals surface area contributed by atoms with Crippen LogP contribution in [0.1, 0.15) is 42.4 Å². The number of rotatable bonds is 5. The SMILES string of the molecule is CCC(C)n1nccc1NC(=O)c1cnn(-c2cccc(Cl)c2)c1C. The number of hydrogen-bond acceptors (Lipinski definition) is 3. The van der Waals surface area contributed by atoms with Crippen LogP contribution in [0.5, 0.6) is 0 Å². The Morgan fingerprint density at radius 2 is 2.12 bits per heavy atom. The van der Waals surface area contributed by atoms with E-state index in [0.717, 1.165) is 17.8 Å². The summed E-state index contributed by atoms with van der Waals surface area (Å²) in [6.45, 7) is 6.00. The molecule has 0 saturated carbocycles. The number of aromatic nitrogens is 4. The van der Waals surface area contributed by atoms with Gasteiger partial charge in [-0.05, 0) is 38.5 Å². The van der Waals surface area contributed by atoms with Crippen molar-refractivity contribution in [3.8, 4) is 5.69 Å². The van der Waals surface area contributed by atoms with Gasteiger partial charge in [-0.15, -0.1) is 0 Å². The second-order valence-corrected chi connectivity index (χ2v) is 6.34. The fraction of sp³-hybridized carbons (Fsp3) is 0.278. The van der Waals surface area contributed by atoms with Crippen molar-refractivity contribution in [1.29, 1.82) is 0 Å². The molecule has 2 aromatic heterocycles. The van der Waals surface area contributed by atoms with Gasteiger partial charge < -0.3 is 5.32 Å². The van der Waals surface area contributed by atoms with Gasteiger partial charge in [0.05, 0.1) is 35.4 Å². The number of nitrogens with one attached hydrogen (secondary N) is 1. The van der Waals surface area contributed by atoms with E-state index in [4.69, 9.17) is 11.6 Å². The standard InChI is InChI=1S/C18H20ClN5O/c1-4-12(2)23-17(8-9-20-23)22-18(25)16-11-21-24(13(16)3)15-7-5-6-14(19)10-15/h5-12H,4H2,1-3H3,(H,22,25). The number of anilines is 1. The highest BCUT2D eigenvalue weighted by atomic mass is 35.5. The van der Waals surface area contributed by atoms with E-state index in [0.29, 0.717) is 16.4 Å². The molecule has 1 unspecified atom stereocenters. The van der Waals surface area contributed by atoms with Crippen molar-refractivity contribution in [3.63, 3.8) is 0 Å². The molecule has 1 atom stereocenters. The summed E-state index contributed by atoms with van der Waals surface area (Å²) in [6, 6.07) is 9.35. The molecule has 0 spiro atoms. The smallest absolute Gasteiger partial charge is 0.260 e. The van der Waals surface area contributed by atoms with Crippen LogP contribution < -0.4 is 5.32 Å². The van der Waals surface area contributed by atoms with Crippen LogP contribution in [0.15, 0.2) is 42.7 Å². The Kier molecular flexibility index (Phi) is 4.90. The number of carbonyl (C=O) groups excluding carboxylic acids is 1. The lowest BCUT2D eigenvalue weighted by molar-refractivity contribution is 0.102. The minimum atomic E-state index is -0.212. The van der Waals surface area contributed by atoms with Crippen LogP contribution in [0.25, 0.3) is 5.69 Å². The summed E-state index contributed by atoms with van der Waals surface area (Å²) in [5.74, 6) is 0.463. The van der Waals surface area contributed by atoms with Crippen molar-refractivity contribution < 1.29 is 4.79 Å². The molecule has 0 saturated heterocycles. The monoisotopic (exact) mass is 357 g/mol. The minimum absolute atomic E-state index is 0.209. The Bertz CT molecular complexity index is 899. The van der Waals surface area contributed by atoms with Crippen LogP contribution in [0.4, 0.5) is 5.82 Å². The van der Waals surface area contributed by atoms with Crippen LogP contribution in [-0.2, 0) is 0 Å². The lowest BCUT2D eigenvalue weighted by Crippen LogP contribution is -2.18. The molecule has 130 valence electrons. The highest BCUT2D eigenvalue weighted by molar-refractivity contribution is 6.30. The number of hydrogen-bond donors (Lipinski definition) is 1. The first kappa shape index (κ1) is 17.2. The molecule has 0 aliphatic rings. The van der Waals surface area contributed by atoms with Crippen molar-refractivity contribution in [2.24, 2.45) is 0 Å². The number of amides is 1. The summed E-state index contributed by atoms with van der Waals surface area (Å²) in [5.41, 5.74) is 2.07. The molecule has 0 aliphatic heterocycles. The van der Waals surface area contributed by atoms with E-state index in [9.17, 15) is 4.79 Å². The maximum Gasteiger partial charge on any atom is 0.260 e. The number of nitrogens with zero attached hydrogens (tertiary/aromatic N) is 4. The molecule has 0 aliphatic carbocycles. The van der Waals surface area contributed by atoms with Crippen molar-refractivity contribution in [2.45, 2.75) is 33.2 Å². The Morgan fingerprint density at radius 1 is 1.32 bits per heavy atom. The molecule has 2 heterocycles.